The zero-order valence-corrected chi connectivity index (χ0v) is 11.7. The first-order valence-corrected chi connectivity index (χ1v) is 6.69. The molecule has 1 aromatic carbocycles. The van der Waals surface area contributed by atoms with Gasteiger partial charge in [-0.2, -0.15) is 5.10 Å². The van der Waals surface area contributed by atoms with E-state index in [9.17, 15) is 4.39 Å². The van der Waals surface area contributed by atoms with E-state index in [0.717, 1.165) is 11.1 Å². The third kappa shape index (κ3) is 1.79. The summed E-state index contributed by atoms with van der Waals surface area (Å²) < 4.78 is 17.4. The summed E-state index contributed by atoms with van der Waals surface area (Å²) in [7, 11) is 0. The average molecular weight is 294 g/mol. The van der Waals surface area contributed by atoms with Crippen LogP contribution in [0.4, 0.5) is 4.39 Å². The highest BCUT2D eigenvalue weighted by molar-refractivity contribution is 5.86. The molecule has 22 heavy (non-hydrogen) atoms. The molecule has 0 saturated carbocycles. The van der Waals surface area contributed by atoms with Crippen LogP contribution in [-0.2, 0) is 0 Å². The summed E-state index contributed by atoms with van der Waals surface area (Å²) >= 11 is 0. The van der Waals surface area contributed by atoms with Crippen LogP contribution in [0, 0.1) is 12.7 Å². The van der Waals surface area contributed by atoms with Gasteiger partial charge in [-0.1, -0.05) is 12.1 Å². The van der Waals surface area contributed by atoms with Gasteiger partial charge in [0.2, 0.25) is 0 Å². The van der Waals surface area contributed by atoms with Crippen LogP contribution in [0.2, 0.25) is 0 Å². The minimum absolute atomic E-state index is 0.352. The van der Waals surface area contributed by atoms with Crippen LogP contribution in [0.25, 0.3) is 22.5 Å². The van der Waals surface area contributed by atoms with Crippen molar-refractivity contribution in [3.63, 3.8) is 0 Å². The fourth-order valence-corrected chi connectivity index (χ4v) is 2.47. The molecule has 7 heteroatoms. The van der Waals surface area contributed by atoms with Gasteiger partial charge in [0.15, 0.2) is 11.5 Å². The topological polar surface area (TPSA) is 61.4 Å². The van der Waals surface area contributed by atoms with Gasteiger partial charge >= 0.3 is 0 Å². The van der Waals surface area contributed by atoms with Crippen LogP contribution in [0.1, 0.15) is 5.69 Å². The summed E-state index contributed by atoms with van der Waals surface area (Å²) in [5, 5.41) is 5.20. The maximum absolute atomic E-state index is 14.1. The molecule has 108 valence electrons. The SMILES string of the molecule is Cc1nn(-c2ccccc2F)c2ncnc(-n3ccnc3)c12. The maximum atomic E-state index is 14.1. The molecule has 0 fully saturated rings. The van der Waals surface area contributed by atoms with Crippen LogP contribution in [-0.4, -0.2) is 29.3 Å². The van der Waals surface area contributed by atoms with Gasteiger partial charge < -0.3 is 0 Å². The van der Waals surface area contributed by atoms with E-state index >= 15 is 0 Å². The number of imidazole rings is 1. The van der Waals surface area contributed by atoms with E-state index in [1.165, 1.54) is 17.1 Å². The highest BCUT2D eigenvalue weighted by Crippen LogP contribution is 2.25. The predicted octanol–water partition coefficient (Wildman–Crippen LogP) is 2.45. The van der Waals surface area contributed by atoms with Crippen molar-refractivity contribution in [2.45, 2.75) is 6.92 Å². The molecule has 4 aromatic rings. The van der Waals surface area contributed by atoms with Crippen molar-refractivity contribution >= 4 is 11.0 Å². The number of para-hydroxylation sites is 1. The molecule has 0 bridgehead atoms. The summed E-state index contributed by atoms with van der Waals surface area (Å²) in [4.78, 5) is 12.6. The van der Waals surface area contributed by atoms with Crippen LogP contribution in [0.15, 0.2) is 49.3 Å². The van der Waals surface area contributed by atoms with Gasteiger partial charge in [0.25, 0.3) is 0 Å². The van der Waals surface area contributed by atoms with Crippen LogP contribution >= 0.6 is 0 Å². The Hall–Kier alpha value is -3.09. The van der Waals surface area contributed by atoms with E-state index in [-0.39, 0.29) is 5.82 Å². The largest absolute Gasteiger partial charge is 0.290 e. The zero-order chi connectivity index (χ0) is 15.1. The maximum Gasteiger partial charge on any atom is 0.168 e. The molecule has 6 nitrogen and oxygen atoms in total. The number of hydrogen-bond acceptors (Lipinski definition) is 4. The Morgan fingerprint density at radius 3 is 2.77 bits per heavy atom. The number of halogens is 1. The Balaban J connectivity index is 2.05. The quantitative estimate of drug-likeness (QED) is 0.569. The van der Waals surface area contributed by atoms with Gasteiger partial charge in [0.05, 0.1) is 11.1 Å². The first kappa shape index (κ1) is 12.6. The van der Waals surface area contributed by atoms with Crippen molar-refractivity contribution in [1.29, 1.82) is 0 Å². The molecule has 3 aromatic heterocycles. The van der Waals surface area contributed by atoms with Gasteiger partial charge in [0, 0.05) is 12.4 Å². The fraction of sp³-hybridized carbons (Fsp3) is 0.0667. The lowest BCUT2D eigenvalue weighted by molar-refractivity contribution is 0.612. The summed E-state index contributed by atoms with van der Waals surface area (Å²) in [6.45, 7) is 1.85. The van der Waals surface area contributed by atoms with E-state index in [0.29, 0.717) is 17.2 Å². The fourth-order valence-electron chi connectivity index (χ4n) is 2.47. The standard InChI is InChI=1S/C15H11FN6/c1-10-13-14(21-7-6-17-9-21)18-8-19-15(13)22(20-10)12-5-3-2-4-11(12)16/h2-9H,1H3. The highest BCUT2D eigenvalue weighted by atomic mass is 19.1. The molecule has 0 atom stereocenters. The second-order valence-corrected chi connectivity index (χ2v) is 4.81. The number of rotatable bonds is 2. The van der Waals surface area contributed by atoms with Crippen molar-refractivity contribution in [1.82, 2.24) is 29.3 Å². The molecule has 0 aliphatic rings. The molecule has 0 aliphatic carbocycles. The number of nitrogens with zero attached hydrogens (tertiary/aromatic N) is 6. The number of fused-ring (bicyclic) bond motifs is 1. The summed E-state index contributed by atoms with van der Waals surface area (Å²) in [5.74, 6) is 0.317. The van der Waals surface area contributed by atoms with E-state index in [2.05, 4.69) is 20.1 Å². The van der Waals surface area contributed by atoms with Gasteiger partial charge in [-0.25, -0.2) is 24.0 Å². The lowest BCUT2D eigenvalue weighted by atomic mass is 10.3. The van der Waals surface area contributed by atoms with Crippen molar-refractivity contribution in [2.24, 2.45) is 0 Å². The molecule has 0 saturated heterocycles. The summed E-state index contributed by atoms with van der Waals surface area (Å²) in [6, 6.07) is 6.47. The molecule has 0 spiro atoms. The number of hydrogen-bond donors (Lipinski definition) is 0. The van der Waals surface area contributed by atoms with Crippen LogP contribution in [0.5, 0.6) is 0 Å². The molecule has 0 N–H and O–H groups in total. The Morgan fingerprint density at radius 2 is 2.00 bits per heavy atom. The Kier molecular flexibility index (Phi) is 2.72. The van der Waals surface area contributed by atoms with Crippen LogP contribution in [0.3, 0.4) is 0 Å². The van der Waals surface area contributed by atoms with Crippen LogP contribution < -0.4 is 0 Å². The average Bonchev–Trinajstić information content (AvgIpc) is 3.16. The Labute approximate surface area is 124 Å². The van der Waals surface area contributed by atoms with Crippen molar-refractivity contribution in [3.8, 4) is 11.5 Å². The third-order valence-corrected chi connectivity index (χ3v) is 3.45. The van der Waals surface area contributed by atoms with E-state index in [1.54, 1.807) is 41.5 Å². The second kappa shape index (κ2) is 4.73. The minimum atomic E-state index is -0.352. The lowest BCUT2D eigenvalue weighted by Crippen LogP contribution is -2.02. The smallest absolute Gasteiger partial charge is 0.168 e. The van der Waals surface area contributed by atoms with Crippen molar-refractivity contribution in [2.75, 3.05) is 0 Å². The Bertz CT molecular complexity index is 958. The normalized spacial score (nSPS) is 11.2. The molecule has 0 aliphatic heterocycles. The number of aryl methyl sites for hydroxylation is 1. The first-order valence-electron chi connectivity index (χ1n) is 6.69. The van der Waals surface area contributed by atoms with E-state index in [1.807, 2.05) is 6.92 Å². The van der Waals surface area contributed by atoms with Gasteiger partial charge in [0.1, 0.15) is 24.2 Å². The summed E-state index contributed by atoms with van der Waals surface area (Å²) in [6.07, 6.45) is 6.56. The lowest BCUT2D eigenvalue weighted by Gasteiger charge is -2.05. The van der Waals surface area contributed by atoms with Crippen molar-refractivity contribution < 1.29 is 4.39 Å². The number of benzene rings is 1. The molecular weight excluding hydrogens is 283 g/mol. The van der Waals surface area contributed by atoms with Gasteiger partial charge in [-0.3, -0.25) is 4.57 Å². The monoisotopic (exact) mass is 294 g/mol. The summed E-state index contributed by atoms with van der Waals surface area (Å²) in [5.41, 5.74) is 1.64. The Morgan fingerprint density at radius 1 is 1.14 bits per heavy atom. The molecule has 4 rings (SSSR count). The zero-order valence-electron chi connectivity index (χ0n) is 11.7. The number of aromatic nitrogens is 6. The molecule has 0 amide bonds. The first-order chi connectivity index (χ1) is 10.8. The molecule has 0 unspecified atom stereocenters. The third-order valence-electron chi connectivity index (χ3n) is 3.45. The van der Waals surface area contributed by atoms with E-state index < -0.39 is 0 Å². The van der Waals surface area contributed by atoms with E-state index in [4.69, 9.17) is 0 Å². The highest BCUT2D eigenvalue weighted by Gasteiger charge is 2.17. The molecular formula is C15H11FN6. The predicted molar refractivity (Wildman–Crippen MR) is 78.5 cm³/mol. The van der Waals surface area contributed by atoms with Gasteiger partial charge in [-0.15, -0.1) is 0 Å². The minimum Gasteiger partial charge on any atom is -0.290 e. The van der Waals surface area contributed by atoms with Gasteiger partial charge in [-0.05, 0) is 19.1 Å². The van der Waals surface area contributed by atoms with Crippen molar-refractivity contribution in [3.05, 3.63) is 60.8 Å². The second-order valence-electron chi connectivity index (χ2n) is 4.81. The molecule has 0 radical (unpaired) electrons. The molecule has 3 heterocycles.